The second kappa shape index (κ2) is 28.1. The van der Waals surface area contributed by atoms with Gasteiger partial charge in [0.2, 0.25) is 0 Å². The maximum Gasteiger partial charge on any atom is 0.379 e. The first-order valence-electron chi connectivity index (χ1n) is 12.6. The van der Waals surface area contributed by atoms with Crippen LogP contribution in [-0.4, -0.2) is 23.9 Å². The van der Waals surface area contributed by atoms with Gasteiger partial charge in [-0.1, -0.05) is 97.8 Å². The van der Waals surface area contributed by atoms with Crippen molar-refractivity contribution in [2.45, 2.75) is 143 Å². The Morgan fingerprint density at radius 1 is 0.414 bits per heavy atom. The van der Waals surface area contributed by atoms with Crippen LogP contribution in [0.15, 0.2) is 0 Å². The summed E-state index contributed by atoms with van der Waals surface area (Å²) >= 11 is 0. The Kier molecular flexibility index (Phi) is 30.4. The largest absolute Gasteiger partial charge is 0.379 e. The van der Waals surface area contributed by atoms with Crippen LogP contribution in [0.2, 0.25) is 0 Å². The Morgan fingerprint density at radius 2 is 0.621 bits per heavy atom. The van der Waals surface area contributed by atoms with E-state index in [2.05, 4.69) is 20.8 Å². The highest BCUT2D eigenvalue weighted by atomic mass is 32.2. The molecule has 0 spiro atoms. The van der Waals surface area contributed by atoms with E-state index < -0.39 is 6.68 Å². The molecule has 0 fully saturated rings. The maximum absolute atomic E-state index is 9.67. The molecule has 0 radical (unpaired) electrons. The first-order valence-corrected chi connectivity index (χ1v) is 14.4. The van der Waals surface area contributed by atoms with Gasteiger partial charge >= 0.3 is 6.68 Å². The summed E-state index contributed by atoms with van der Waals surface area (Å²) in [4.78, 5) is 0. The van der Waals surface area contributed by atoms with Crippen LogP contribution < -0.4 is 0 Å². The summed E-state index contributed by atoms with van der Waals surface area (Å²) in [7, 11) is 0.754. The van der Waals surface area contributed by atoms with E-state index in [0.29, 0.717) is 0 Å². The summed E-state index contributed by atoms with van der Waals surface area (Å²) in [5.74, 6) is 4.65. The monoisotopic (exact) mass is 441 g/mol. The van der Waals surface area contributed by atoms with E-state index in [4.69, 9.17) is 0 Å². The molecule has 0 unspecified atom stereocenters. The Morgan fingerprint density at radius 3 is 0.862 bits per heavy atom. The van der Waals surface area contributed by atoms with Crippen molar-refractivity contribution >= 4 is 10.9 Å². The van der Waals surface area contributed by atoms with Crippen molar-refractivity contribution in [3.63, 3.8) is 0 Å². The first kappa shape index (κ1) is 31.3. The zero-order valence-corrected chi connectivity index (χ0v) is 20.8. The van der Waals surface area contributed by atoms with E-state index in [1.165, 1.54) is 116 Å². The molecule has 0 aromatic heterocycles. The number of alkyl halides is 3. The highest BCUT2D eigenvalue weighted by molar-refractivity contribution is 7.96. The Labute approximate surface area is 184 Å². The third-order valence-electron chi connectivity index (χ3n) is 5.36. The standard InChI is InChI=1S/C24H51S.CHF3/c1-4-7-10-13-16-19-22-25(23-20-17-14-11-8-5-2)24-21-18-15-12-9-6-3;2-1(3)4/h4-24H2,1-3H3;1H/q+1;. The number of unbranched alkanes of at least 4 members (excludes halogenated alkanes) is 15. The molecule has 4 heteroatoms. The average Bonchev–Trinajstić information content (AvgIpc) is 2.68. The van der Waals surface area contributed by atoms with Gasteiger partial charge in [0.05, 0.1) is 0 Å². The summed E-state index contributed by atoms with van der Waals surface area (Å²) in [5, 5.41) is 0. The normalized spacial score (nSPS) is 11.2. The van der Waals surface area contributed by atoms with Crippen molar-refractivity contribution in [1.29, 1.82) is 0 Å². The van der Waals surface area contributed by atoms with Crippen LogP contribution >= 0.6 is 0 Å². The zero-order chi connectivity index (χ0) is 22.0. The van der Waals surface area contributed by atoms with Crippen molar-refractivity contribution in [2.75, 3.05) is 17.3 Å². The fraction of sp³-hybridized carbons (Fsp3) is 1.00. The van der Waals surface area contributed by atoms with Crippen LogP contribution in [0.4, 0.5) is 13.2 Å². The molecule has 0 bridgehead atoms. The Balaban J connectivity index is 0. The first-order chi connectivity index (χ1) is 14.1. The molecule has 0 aliphatic carbocycles. The van der Waals surface area contributed by atoms with Crippen molar-refractivity contribution < 1.29 is 13.2 Å². The third kappa shape index (κ3) is 33.0. The molecule has 0 aliphatic heterocycles. The van der Waals surface area contributed by atoms with Gasteiger partial charge in [-0.3, -0.25) is 0 Å². The molecular weight excluding hydrogens is 389 g/mol. The zero-order valence-electron chi connectivity index (χ0n) is 20.0. The van der Waals surface area contributed by atoms with Gasteiger partial charge in [-0.25, -0.2) is 0 Å². The predicted molar refractivity (Wildman–Crippen MR) is 129 cm³/mol. The molecule has 178 valence electrons. The van der Waals surface area contributed by atoms with Gasteiger partial charge in [-0.15, -0.1) is 0 Å². The Hall–Kier alpha value is 0.140. The van der Waals surface area contributed by atoms with Crippen LogP contribution in [0.3, 0.4) is 0 Å². The van der Waals surface area contributed by atoms with Gasteiger partial charge < -0.3 is 0 Å². The van der Waals surface area contributed by atoms with Gasteiger partial charge in [0.15, 0.2) is 0 Å². The maximum atomic E-state index is 9.67. The third-order valence-corrected chi connectivity index (χ3v) is 7.96. The van der Waals surface area contributed by atoms with Gasteiger partial charge in [0.25, 0.3) is 0 Å². The molecule has 0 aromatic rings. The SMILES string of the molecule is CCCCCCCC[S+](CCCCCCCC)CCCCCCCC.FC(F)F. The lowest BCUT2D eigenvalue weighted by molar-refractivity contribution is 0.00819. The average molecular weight is 442 g/mol. The van der Waals surface area contributed by atoms with E-state index in [1.807, 2.05) is 0 Å². The van der Waals surface area contributed by atoms with Crippen LogP contribution in [-0.2, 0) is 10.9 Å². The number of rotatable bonds is 21. The van der Waals surface area contributed by atoms with Crippen molar-refractivity contribution in [3.8, 4) is 0 Å². The molecule has 0 rings (SSSR count). The summed E-state index contributed by atoms with van der Waals surface area (Å²) in [5.41, 5.74) is 0. The second-order valence-electron chi connectivity index (χ2n) is 8.28. The molecule has 0 aromatic carbocycles. The number of halogens is 3. The van der Waals surface area contributed by atoms with Gasteiger partial charge in [0, 0.05) is 0 Å². The highest BCUT2D eigenvalue weighted by Gasteiger charge is 2.16. The topological polar surface area (TPSA) is 0 Å². The summed E-state index contributed by atoms with van der Waals surface area (Å²) in [6, 6.07) is 0. The fourth-order valence-corrected chi connectivity index (χ4v) is 6.02. The van der Waals surface area contributed by atoms with E-state index >= 15 is 0 Å². The summed E-state index contributed by atoms with van der Waals surface area (Å²) in [6.45, 7) is 3.29. The number of hydrogen-bond acceptors (Lipinski definition) is 0. The van der Waals surface area contributed by atoms with Crippen LogP contribution in [0, 0.1) is 0 Å². The van der Waals surface area contributed by atoms with E-state index in [9.17, 15) is 13.2 Å². The van der Waals surface area contributed by atoms with E-state index in [1.54, 1.807) is 17.3 Å². The molecule has 29 heavy (non-hydrogen) atoms. The van der Waals surface area contributed by atoms with Crippen LogP contribution in [0.25, 0.3) is 0 Å². The summed E-state index contributed by atoms with van der Waals surface area (Å²) in [6.07, 6.45) is 26.4. The lowest BCUT2D eigenvalue weighted by atomic mass is 10.1. The van der Waals surface area contributed by atoms with Crippen molar-refractivity contribution in [2.24, 2.45) is 0 Å². The molecule has 0 heterocycles. The summed E-state index contributed by atoms with van der Waals surface area (Å²) < 4.78 is 29.0. The van der Waals surface area contributed by atoms with Crippen LogP contribution in [0.1, 0.15) is 136 Å². The highest BCUT2D eigenvalue weighted by Crippen LogP contribution is 2.14. The van der Waals surface area contributed by atoms with Gasteiger partial charge in [0.1, 0.15) is 17.3 Å². The molecule has 0 saturated heterocycles. The minimum atomic E-state index is -3.67. The van der Waals surface area contributed by atoms with E-state index in [-0.39, 0.29) is 0 Å². The molecule has 0 saturated carbocycles. The van der Waals surface area contributed by atoms with Gasteiger partial charge in [-0.05, 0) is 49.4 Å². The quantitative estimate of drug-likeness (QED) is 0.123. The molecular formula is C25H52F3S+. The van der Waals surface area contributed by atoms with Gasteiger partial charge in [-0.2, -0.15) is 13.2 Å². The molecule has 0 atom stereocenters. The minimum absolute atomic E-state index is 0.754. The molecule has 0 nitrogen and oxygen atoms in total. The smallest absolute Gasteiger partial charge is 0.174 e. The van der Waals surface area contributed by atoms with Crippen molar-refractivity contribution in [1.82, 2.24) is 0 Å². The molecule has 0 amide bonds. The lowest BCUT2D eigenvalue weighted by Gasteiger charge is -2.10. The van der Waals surface area contributed by atoms with Crippen LogP contribution in [0.5, 0.6) is 0 Å². The minimum Gasteiger partial charge on any atom is -0.174 e. The Bertz CT molecular complexity index is 234. The lowest BCUT2D eigenvalue weighted by Crippen LogP contribution is -2.17. The number of hydrogen-bond donors (Lipinski definition) is 0. The van der Waals surface area contributed by atoms with Crippen molar-refractivity contribution in [3.05, 3.63) is 0 Å². The molecule has 0 N–H and O–H groups in total. The second-order valence-corrected chi connectivity index (χ2v) is 10.7. The predicted octanol–water partition coefficient (Wildman–Crippen LogP) is 9.86. The van der Waals surface area contributed by atoms with E-state index in [0.717, 1.165) is 10.9 Å². The fourth-order valence-electron chi connectivity index (χ4n) is 3.57. The molecule has 0 aliphatic rings.